The normalized spacial score (nSPS) is 15.2. The van der Waals surface area contributed by atoms with Crippen molar-refractivity contribution < 1.29 is 17.3 Å². The zero-order valence-electron chi connectivity index (χ0n) is 16.9. The molecule has 3 N–H and O–H groups in total. The van der Waals surface area contributed by atoms with Crippen LogP contribution in [0.25, 0.3) is 0 Å². The third-order valence-electron chi connectivity index (χ3n) is 5.19. The van der Waals surface area contributed by atoms with E-state index in [0.717, 1.165) is 29.5 Å². The first-order valence-electron chi connectivity index (χ1n) is 9.50. The molecule has 0 amide bonds. The molecule has 0 spiro atoms. The van der Waals surface area contributed by atoms with Gasteiger partial charge in [-0.15, -0.1) is 0 Å². The number of aryl methyl sites for hydroxylation is 2. The fourth-order valence-electron chi connectivity index (χ4n) is 3.72. The molecule has 1 heterocycles. The van der Waals surface area contributed by atoms with Crippen molar-refractivity contribution in [2.75, 3.05) is 20.2 Å². The van der Waals surface area contributed by atoms with Gasteiger partial charge in [0, 0.05) is 18.7 Å². The molecule has 7 nitrogen and oxygen atoms in total. The minimum atomic E-state index is -3.99. The van der Waals surface area contributed by atoms with Gasteiger partial charge in [-0.2, -0.15) is 8.42 Å². The van der Waals surface area contributed by atoms with E-state index in [4.69, 9.17) is 20.1 Å². The minimum absolute atomic E-state index is 0.0768. The van der Waals surface area contributed by atoms with Gasteiger partial charge in [0.25, 0.3) is 0 Å². The second kappa shape index (κ2) is 8.32. The Balaban J connectivity index is 1.93. The summed E-state index contributed by atoms with van der Waals surface area (Å²) in [5.41, 5.74) is 8.24. The van der Waals surface area contributed by atoms with Crippen molar-refractivity contribution in [3.8, 4) is 11.5 Å². The SMILES string of the molecule is COc1c(OS(=O)(=O)c2cccc(C)c2)cc(C)cc1C1CCN(C(=N)N)CC1. The van der Waals surface area contributed by atoms with Gasteiger partial charge in [0.05, 0.1) is 7.11 Å². The summed E-state index contributed by atoms with van der Waals surface area (Å²) in [4.78, 5) is 1.94. The Bertz CT molecular complexity index is 1010. The van der Waals surface area contributed by atoms with Crippen molar-refractivity contribution in [1.29, 1.82) is 5.41 Å². The summed E-state index contributed by atoms with van der Waals surface area (Å²) in [6.45, 7) is 5.08. The molecule has 2 aromatic rings. The lowest BCUT2D eigenvalue weighted by Crippen LogP contribution is -2.41. The Morgan fingerprint density at radius 1 is 1.14 bits per heavy atom. The van der Waals surface area contributed by atoms with Crippen LogP contribution in [0.4, 0.5) is 0 Å². The van der Waals surface area contributed by atoms with Crippen LogP contribution in [0.15, 0.2) is 41.3 Å². The van der Waals surface area contributed by atoms with Crippen molar-refractivity contribution in [2.24, 2.45) is 5.73 Å². The van der Waals surface area contributed by atoms with Crippen molar-refractivity contribution in [2.45, 2.75) is 37.5 Å². The summed E-state index contributed by atoms with van der Waals surface area (Å²) < 4.78 is 36.7. The largest absolute Gasteiger partial charge is 0.492 e. The molecule has 1 fully saturated rings. The molecule has 156 valence electrons. The zero-order chi connectivity index (χ0) is 21.2. The van der Waals surface area contributed by atoms with Gasteiger partial charge in [-0.05, 0) is 61.9 Å². The molecule has 8 heteroatoms. The first kappa shape index (κ1) is 21.0. The molecule has 1 aliphatic rings. The number of piperidine rings is 1. The van der Waals surface area contributed by atoms with Crippen molar-refractivity contribution in [1.82, 2.24) is 4.90 Å². The van der Waals surface area contributed by atoms with Crippen LogP contribution in [0, 0.1) is 19.3 Å². The summed E-state index contributed by atoms with van der Waals surface area (Å²) in [6, 6.07) is 10.3. The predicted octanol–water partition coefficient (Wildman–Crippen LogP) is 3.15. The first-order valence-corrected chi connectivity index (χ1v) is 10.9. The van der Waals surface area contributed by atoms with E-state index >= 15 is 0 Å². The maximum atomic E-state index is 12.8. The Kier molecular flexibility index (Phi) is 6.02. The number of guanidine groups is 1. The monoisotopic (exact) mass is 417 g/mol. The summed E-state index contributed by atoms with van der Waals surface area (Å²) in [5.74, 6) is 0.878. The van der Waals surface area contributed by atoms with Crippen molar-refractivity contribution in [3.63, 3.8) is 0 Å². The summed E-state index contributed by atoms with van der Waals surface area (Å²) in [6.07, 6.45) is 1.59. The number of hydrogen-bond acceptors (Lipinski definition) is 5. The van der Waals surface area contributed by atoms with Crippen LogP contribution in [0.3, 0.4) is 0 Å². The van der Waals surface area contributed by atoms with Crippen LogP contribution < -0.4 is 14.7 Å². The van der Waals surface area contributed by atoms with E-state index in [0.29, 0.717) is 18.8 Å². The number of likely N-dealkylation sites (tertiary alicyclic amines) is 1. The molecule has 3 rings (SSSR count). The lowest BCUT2D eigenvalue weighted by molar-refractivity contribution is 0.301. The fourth-order valence-corrected chi connectivity index (χ4v) is 4.75. The molecule has 29 heavy (non-hydrogen) atoms. The van der Waals surface area contributed by atoms with Gasteiger partial charge in [-0.3, -0.25) is 5.41 Å². The number of benzene rings is 2. The van der Waals surface area contributed by atoms with Crippen molar-refractivity contribution in [3.05, 3.63) is 53.1 Å². The Labute approximate surface area is 172 Å². The molecule has 2 aromatic carbocycles. The van der Waals surface area contributed by atoms with E-state index in [-0.39, 0.29) is 22.5 Å². The second-order valence-electron chi connectivity index (χ2n) is 7.39. The van der Waals surface area contributed by atoms with Gasteiger partial charge in [0.1, 0.15) is 4.90 Å². The third-order valence-corrected chi connectivity index (χ3v) is 6.42. The van der Waals surface area contributed by atoms with Gasteiger partial charge < -0.3 is 19.6 Å². The molecule has 1 aliphatic heterocycles. The molecule has 1 saturated heterocycles. The van der Waals surface area contributed by atoms with Crippen LogP contribution in [0.2, 0.25) is 0 Å². The maximum Gasteiger partial charge on any atom is 0.339 e. The molecule has 0 aromatic heterocycles. The van der Waals surface area contributed by atoms with Gasteiger partial charge in [-0.1, -0.05) is 18.2 Å². The molecular formula is C21H27N3O4S. The van der Waals surface area contributed by atoms with Gasteiger partial charge in [-0.25, -0.2) is 0 Å². The summed E-state index contributed by atoms with van der Waals surface area (Å²) in [7, 11) is -2.47. The van der Waals surface area contributed by atoms with E-state index in [1.807, 2.05) is 30.9 Å². The summed E-state index contributed by atoms with van der Waals surface area (Å²) in [5, 5.41) is 7.59. The van der Waals surface area contributed by atoms with Crippen LogP contribution in [-0.2, 0) is 10.1 Å². The number of hydrogen-bond donors (Lipinski definition) is 2. The van der Waals surface area contributed by atoms with E-state index in [1.165, 1.54) is 13.2 Å². The highest BCUT2D eigenvalue weighted by Gasteiger charge is 2.27. The lowest BCUT2D eigenvalue weighted by Gasteiger charge is -2.33. The summed E-state index contributed by atoms with van der Waals surface area (Å²) >= 11 is 0. The molecule has 0 atom stereocenters. The van der Waals surface area contributed by atoms with Crippen LogP contribution >= 0.6 is 0 Å². The van der Waals surface area contributed by atoms with Crippen LogP contribution in [0.1, 0.15) is 35.4 Å². The number of nitrogens with zero attached hydrogens (tertiary/aromatic N) is 1. The molecule has 0 saturated carbocycles. The topological polar surface area (TPSA) is 106 Å². The first-order chi connectivity index (χ1) is 13.7. The third kappa shape index (κ3) is 4.64. The van der Waals surface area contributed by atoms with Gasteiger partial charge >= 0.3 is 10.1 Å². The van der Waals surface area contributed by atoms with E-state index in [2.05, 4.69) is 0 Å². The Hall–Kier alpha value is -2.74. The van der Waals surface area contributed by atoms with E-state index in [1.54, 1.807) is 18.2 Å². The number of methoxy groups -OCH3 is 1. The van der Waals surface area contributed by atoms with E-state index < -0.39 is 10.1 Å². The van der Waals surface area contributed by atoms with Gasteiger partial charge in [0.15, 0.2) is 17.5 Å². The number of ether oxygens (including phenoxy) is 1. The number of nitrogens with two attached hydrogens (primary N) is 1. The van der Waals surface area contributed by atoms with E-state index in [9.17, 15) is 8.42 Å². The average molecular weight is 418 g/mol. The van der Waals surface area contributed by atoms with Gasteiger partial charge in [0.2, 0.25) is 0 Å². The number of rotatable bonds is 5. The highest BCUT2D eigenvalue weighted by Crippen LogP contribution is 2.41. The molecular weight excluding hydrogens is 390 g/mol. The Morgan fingerprint density at radius 3 is 2.41 bits per heavy atom. The molecule has 0 aliphatic carbocycles. The molecule has 0 radical (unpaired) electrons. The standard InChI is InChI=1S/C21H27N3O4S/c1-14-5-4-6-17(11-14)29(25,26)28-19-13-15(2)12-18(20(19)27-3)16-7-9-24(10-8-16)21(22)23/h4-6,11-13,16H,7-10H2,1-3H3,(H3,22,23). The highest BCUT2D eigenvalue weighted by atomic mass is 32.2. The average Bonchev–Trinajstić information content (AvgIpc) is 2.67. The molecule has 0 unspecified atom stereocenters. The second-order valence-corrected chi connectivity index (χ2v) is 8.93. The molecule has 0 bridgehead atoms. The predicted molar refractivity (Wildman–Crippen MR) is 112 cm³/mol. The smallest absolute Gasteiger partial charge is 0.339 e. The van der Waals surface area contributed by atoms with Crippen LogP contribution in [-0.4, -0.2) is 39.5 Å². The quantitative estimate of drug-likeness (QED) is 0.440. The van der Waals surface area contributed by atoms with Crippen molar-refractivity contribution >= 4 is 16.1 Å². The fraction of sp³-hybridized carbons (Fsp3) is 0.381. The lowest BCUT2D eigenvalue weighted by atomic mass is 9.88. The maximum absolute atomic E-state index is 12.8. The zero-order valence-corrected chi connectivity index (χ0v) is 17.8. The highest BCUT2D eigenvalue weighted by molar-refractivity contribution is 7.87. The number of nitrogens with one attached hydrogen (secondary N) is 1. The minimum Gasteiger partial charge on any atom is -0.492 e. The van der Waals surface area contributed by atoms with Crippen LogP contribution in [0.5, 0.6) is 11.5 Å². The Morgan fingerprint density at radius 2 is 1.83 bits per heavy atom.